The van der Waals surface area contributed by atoms with Crippen molar-refractivity contribution in [2.45, 2.75) is 26.7 Å². The SMILES string of the molecule is CCN(CC1CC1)c1c(C)cccc1C(=N)N. The molecule has 1 aliphatic carbocycles. The standard InChI is InChI=1S/C14H21N3/c1-3-17(9-11-7-8-11)13-10(2)5-4-6-12(13)14(15)16/h4-6,11H,3,7-9H2,1-2H3,(H3,15,16). The molecule has 1 saturated carbocycles. The number of nitrogen functional groups attached to an aromatic ring is 1. The van der Waals surface area contributed by atoms with E-state index in [-0.39, 0.29) is 5.84 Å². The van der Waals surface area contributed by atoms with Crippen molar-refractivity contribution in [3.63, 3.8) is 0 Å². The first-order chi connectivity index (χ1) is 8.13. The van der Waals surface area contributed by atoms with Gasteiger partial charge in [0.1, 0.15) is 5.84 Å². The van der Waals surface area contributed by atoms with Crippen LogP contribution in [0.3, 0.4) is 0 Å². The van der Waals surface area contributed by atoms with E-state index < -0.39 is 0 Å². The average molecular weight is 231 g/mol. The number of rotatable bonds is 5. The zero-order valence-corrected chi connectivity index (χ0v) is 10.7. The lowest BCUT2D eigenvalue weighted by molar-refractivity contribution is 0.739. The summed E-state index contributed by atoms with van der Waals surface area (Å²) >= 11 is 0. The topological polar surface area (TPSA) is 53.1 Å². The van der Waals surface area contributed by atoms with Crippen LogP contribution < -0.4 is 10.6 Å². The van der Waals surface area contributed by atoms with Crippen LogP contribution in [0.1, 0.15) is 30.9 Å². The molecule has 0 radical (unpaired) electrons. The van der Waals surface area contributed by atoms with Crippen molar-refractivity contribution in [3.8, 4) is 0 Å². The van der Waals surface area contributed by atoms with Crippen molar-refractivity contribution in [2.75, 3.05) is 18.0 Å². The normalized spacial score (nSPS) is 14.7. The average Bonchev–Trinajstić information content (AvgIpc) is 3.10. The monoisotopic (exact) mass is 231 g/mol. The fourth-order valence-corrected chi connectivity index (χ4v) is 2.29. The Balaban J connectivity index is 2.35. The fourth-order valence-electron chi connectivity index (χ4n) is 2.29. The molecule has 0 saturated heterocycles. The van der Waals surface area contributed by atoms with E-state index in [0.29, 0.717) is 0 Å². The second kappa shape index (κ2) is 4.78. The number of benzene rings is 1. The van der Waals surface area contributed by atoms with E-state index in [1.807, 2.05) is 12.1 Å². The molecule has 3 nitrogen and oxygen atoms in total. The van der Waals surface area contributed by atoms with Gasteiger partial charge in [-0.15, -0.1) is 0 Å². The van der Waals surface area contributed by atoms with E-state index in [4.69, 9.17) is 11.1 Å². The van der Waals surface area contributed by atoms with Crippen molar-refractivity contribution in [1.82, 2.24) is 0 Å². The highest BCUT2D eigenvalue weighted by Crippen LogP contribution is 2.33. The third-order valence-corrected chi connectivity index (χ3v) is 3.40. The van der Waals surface area contributed by atoms with Crippen molar-refractivity contribution in [1.29, 1.82) is 5.41 Å². The predicted molar refractivity (Wildman–Crippen MR) is 72.8 cm³/mol. The number of para-hydroxylation sites is 1. The molecule has 0 unspecified atom stereocenters. The molecule has 0 aromatic heterocycles. The van der Waals surface area contributed by atoms with Gasteiger partial charge in [0, 0.05) is 18.7 Å². The Morgan fingerprint density at radius 1 is 1.47 bits per heavy atom. The number of nitrogens with one attached hydrogen (secondary N) is 1. The molecule has 2 rings (SSSR count). The molecule has 1 aromatic rings. The van der Waals surface area contributed by atoms with E-state index in [0.717, 1.165) is 30.3 Å². The number of hydrogen-bond acceptors (Lipinski definition) is 2. The third-order valence-electron chi connectivity index (χ3n) is 3.40. The van der Waals surface area contributed by atoms with E-state index in [9.17, 15) is 0 Å². The molecule has 0 amide bonds. The maximum Gasteiger partial charge on any atom is 0.124 e. The van der Waals surface area contributed by atoms with Gasteiger partial charge in [0.25, 0.3) is 0 Å². The highest BCUT2D eigenvalue weighted by Gasteiger charge is 2.25. The second-order valence-corrected chi connectivity index (χ2v) is 4.87. The lowest BCUT2D eigenvalue weighted by atomic mass is 10.1. The molecule has 1 fully saturated rings. The molecule has 0 spiro atoms. The number of amidine groups is 1. The number of nitrogens with zero attached hydrogens (tertiary/aromatic N) is 1. The number of anilines is 1. The van der Waals surface area contributed by atoms with Gasteiger partial charge in [-0.3, -0.25) is 5.41 Å². The summed E-state index contributed by atoms with van der Waals surface area (Å²) in [7, 11) is 0. The molecule has 17 heavy (non-hydrogen) atoms. The molecule has 92 valence electrons. The summed E-state index contributed by atoms with van der Waals surface area (Å²) in [6.45, 7) is 6.33. The molecule has 0 bridgehead atoms. The molecule has 0 aliphatic heterocycles. The smallest absolute Gasteiger partial charge is 0.124 e. The number of aryl methyl sites for hydroxylation is 1. The first-order valence-corrected chi connectivity index (χ1v) is 6.32. The predicted octanol–water partition coefficient (Wildman–Crippen LogP) is 2.52. The molecule has 1 aliphatic rings. The lowest BCUT2D eigenvalue weighted by Crippen LogP contribution is -2.29. The van der Waals surface area contributed by atoms with Crippen LogP contribution in [0.25, 0.3) is 0 Å². The number of nitrogens with two attached hydrogens (primary N) is 1. The van der Waals surface area contributed by atoms with Crippen LogP contribution in [0, 0.1) is 18.3 Å². The van der Waals surface area contributed by atoms with E-state index in [2.05, 4.69) is 24.8 Å². The minimum Gasteiger partial charge on any atom is -0.384 e. The first kappa shape index (κ1) is 12.0. The molecule has 0 heterocycles. The van der Waals surface area contributed by atoms with E-state index in [1.54, 1.807) is 0 Å². The van der Waals surface area contributed by atoms with Crippen LogP contribution in [-0.2, 0) is 0 Å². The number of hydrogen-bond donors (Lipinski definition) is 2. The van der Waals surface area contributed by atoms with Crippen molar-refractivity contribution < 1.29 is 0 Å². The molecule has 0 atom stereocenters. The van der Waals surface area contributed by atoms with Gasteiger partial charge in [-0.05, 0) is 44.2 Å². The molecule has 3 heteroatoms. The van der Waals surface area contributed by atoms with Gasteiger partial charge in [-0.2, -0.15) is 0 Å². The molecule has 1 aromatic carbocycles. The lowest BCUT2D eigenvalue weighted by Gasteiger charge is -2.27. The van der Waals surface area contributed by atoms with Crippen LogP contribution in [-0.4, -0.2) is 18.9 Å². The first-order valence-electron chi connectivity index (χ1n) is 6.32. The van der Waals surface area contributed by atoms with Gasteiger partial charge in [0.15, 0.2) is 0 Å². The Morgan fingerprint density at radius 3 is 2.71 bits per heavy atom. The Morgan fingerprint density at radius 2 is 2.18 bits per heavy atom. The zero-order chi connectivity index (χ0) is 12.4. The third kappa shape index (κ3) is 2.60. The van der Waals surface area contributed by atoms with Crippen molar-refractivity contribution in [3.05, 3.63) is 29.3 Å². The maximum absolute atomic E-state index is 7.69. The van der Waals surface area contributed by atoms with Gasteiger partial charge >= 0.3 is 0 Å². The summed E-state index contributed by atoms with van der Waals surface area (Å²) in [5.74, 6) is 1.01. The molecular formula is C14H21N3. The summed E-state index contributed by atoms with van der Waals surface area (Å²) in [5.41, 5.74) is 8.90. The zero-order valence-electron chi connectivity index (χ0n) is 10.7. The van der Waals surface area contributed by atoms with Crippen LogP contribution >= 0.6 is 0 Å². The highest BCUT2D eigenvalue weighted by molar-refractivity contribution is 6.01. The van der Waals surface area contributed by atoms with Crippen LogP contribution in [0.5, 0.6) is 0 Å². The summed E-state index contributed by atoms with van der Waals surface area (Å²) in [5, 5.41) is 7.69. The Kier molecular flexibility index (Phi) is 3.36. The minimum absolute atomic E-state index is 0.165. The Bertz CT molecular complexity index is 421. The highest BCUT2D eigenvalue weighted by atomic mass is 15.1. The van der Waals surface area contributed by atoms with Gasteiger partial charge < -0.3 is 10.6 Å². The fraction of sp³-hybridized carbons (Fsp3) is 0.500. The van der Waals surface area contributed by atoms with Gasteiger partial charge in [-0.1, -0.05) is 12.1 Å². The van der Waals surface area contributed by atoms with Gasteiger partial charge in [0.2, 0.25) is 0 Å². The Labute approximate surface area is 103 Å². The largest absolute Gasteiger partial charge is 0.384 e. The maximum atomic E-state index is 7.69. The van der Waals surface area contributed by atoms with E-state index in [1.165, 1.54) is 18.4 Å². The van der Waals surface area contributed by atoms with Gasteiger partial charge in [0.05, 0.1) is 5.69 Å². The van der Waals surface area contributed by atoms with Crippen LogP contribution in [0.15, 0.2) is 18.2 Å². The molecule has 3 N–H and O–H groups in total. The van der Waals surface area contributed by atoms with Crippen LogP contribution in [0.4, 0.5) is 5.69 Å². The quantitative estimate of drug-likeness (QED) is 0.604. The molecular weight excluding hydrogens is 210 g/mol. The van der Waals surface area contributed by atoms with Crippen molar-refractivity contribution in [2.24, 2.45) is 11.7 Å². The summed E-state index contributed by atoms with van der Waals surface area (Å²) in [6, 6.07) is 6.01. The van der Waals surface area contributed by atoms with E-state index >= 15 is 0 Å². The summed E-state index contributed by atoms with van der Waals surface area (Å²) in [4.78, 5) is 2.36. The summed E-state index contributed by atoms with van der Waals surface area (Å²) < 4.78 is 0. The summed E-state index contributed by atoms with van der Waals surface area (Å²) in [6.07, 6.45) is 2.69. The second-order valence-electron chi connectivity index (χ2n) is 4.87. The van der Waals surface area contributed by atoms with Crippen molar-refractivity contribution >= 4 is 11.5 Å². The van der Waals surface area contributed by atoms with Gasteiger partial charge in [-0.25, -0.2) is 0 Å². The minimum atomic E-state index is 0.165. The van der Waals surface area contributed by atoms with Crippen LogP contribution in [0.2, 0.25) is 0 Å². The Hall–Kier alpha value is -1.51.